The molecule has 0 N–H and O–H groups in total. The quantitative estimate of drug-likeness (QED) is 0.474. The zero-order valence-electron chi connectivity index (χ0n) is 10.5. The molecule has 0 saturated heterocycles. The Hall–Kier alpha value is -2.49. The van der Waals surface area contributed by atoms with Gasteiger partial charge in [0.2, 0.25) is 0 Å². The first kappa shape index (κ1) is 14.6. The molecule has 1 aromatic rings. The third-order valence-corrected chi connectivity index (χ3v) is 2.51. The second-order valence-corrected chi connectivity index (χ2v) is 4.10. The van der Waals surface area contributed by atoms with Crippen molar-refractivity contribution in [2.24, 2.45) is 0 Å². The van der Waals surface area contributed by atoms with Crippen molar-refractivity contribution in [1.82, 2.24) is 4.90 Å². The highest BCUT2D eigenvalue weighted by Gasteiger charge is 2.26. The average molecular weight is 265 g/mol. The number of rotatable bonds is 4. The third-order valence-electron chi connectivity index (χ3n) is 2.51. The van der Waals surface area contributed by atoms with Crippen molar-refractivity contribution in [2.45, 2.75) is 19.9 Å². The number of nitro groups is 1. The van der Waals surface area contributed by atoms with Crippen LogP contribution in [0.1, 0.15) is 24.2 Å². The van der Waals surface area contributed by atoms with Gasteiger partial charge < -0.3 is 4.90 Å². The lowest BCUT2D eigenvalue weighted by Crippen LogP contribution is -2.37. The Bertz CT molecular complexity index is 552. The summed E-state index contributed by atoms with van der Waals surface area (Å²) < 4.78 is 13.0. The van der Waals surface area contributed by atoms with Crippen molar-refractivity contribution >= 4 is 11.6 Å². The smallest absolute Gasteiger partial charge is 0.285 e. The lowest BCUT2D eigenvalue weighted by molar-refractivity contribution is -0.385. The van der Waals surface area contributed by atoms with E-state index < -0.39 is 22.3 Å². The Labute approximate surface area is 109 Å². The van der Waals surface area contributed by atoms with Crippen LogP contribution in [0.3, 0.4) is 0 Å². The first-order chi connectivity index (χ1) is 8.88. The molecule has 0 spiro atoms. The highest BCUT2D eigenvalue weighted by molar-refractivity contribution is 5.98. The molecule has 100 valence electrons. The molecule has 19 heavy (non-hydrogen) atoms. The summed E-state index contributed by atoms with van der Waals surface area (Å²) in [4.78, 5) is 23.4. The molecule has 0 aliphatic heterocycles. The molecule has 1 amide bonds. The normalized spacial score (nSPS) is 10.1. The van der Waals surface area contributed by atoms with Gasteiger partial charge in [-0.25, -0.2) is 4.39 Å². The highest BCUT2D eigenvalue weighted by Crippen LogP contribution is 2.22. The third kappa shape index (κ3) is 3.25. The van der Waals surface area contributed by atoms with Crippen molar-refractivity contribution < 1.29 is 14.1 Å². The van der Waals surface area contributed by atoms with Crippen LogP contribution in [0.4, 0.5) is 10.1 Å². The van der Waals surface area contributed by atoms with Crippen LogP contribution in [0, 0.1) is 27.3 Å². The van der Waals surface area contributed by atoms with Crippen LogP contribution in [0.5, 0.6) is 0 Å². The van der Waals surface area contributed by atoms with E-state index in [1.807, 2.05) is 6.07 Å². The summed E-state index contributed by atoms with van der Waals surface area (Å²) in [7, 11) is 0. The first-order valence-corrected chi connectivity index (χ1v) is 5.50. The molecular weight excluding hydrogens is 253 g/mol. The first-order valence-electron chi connectivity index (χ1n) is 5.50. The zero-order valence-corrected chi connectivity index (χ0v) is 10.5. The second kappa shape index (κ2) is 5.91. The lowest BCUT2D eigenvalue weighted by Gasteiger charge is -2.23. The van der Waals surface area contributed by atoms with E-state index in [2.05, 4.69) is 0 Å². The summed E-state index contributed by atoms with van der Waals surface area (Å²) in [6, 6.07) is 4.25. The van der Waals surface area contributed by atoms with Crippen LogP contribution in [-0.4, -0.2) is 28.3 Å². The summed E-state index contributed by atoms with van der Waals surface area (Å²) in [5.41, 5.74) is -0.830. The van der Waals surface area contributed by atoms with Crippen LogP contribution in [0.2, 0.25) is 0 Å². The average Bonchev–Trinajstić information content (AvgIpc) is 2.34. The topological polar surface area (TPSA) is 87.2 Å². The number of nitriles is 1. The fraction of sp³-hybridized carbons (Fsp3) is 0.333. The number of nitrogens with zero attached hydrogens (tertiary/aromatic N) is 3. The maximum Gasteiger partial charge on any atom is 0.285 e. The number of carbonyl (C=O) groups excluding carboxylic acids is 1. The SMILES string of the molecule is CC(C)N(CC#N)C(=O)c1ccc(F)cc1[N+](=O)[O-]. The maximum atomic E-state index is 13.0. The van der Waals surface area contributed by atoms with E-state index in [1.54, 1.807) is 13.8 Å². The number of halogens is 1. The zero-order chi connectivity index (χ0) is 14.6. The van der Waals surface area contributed by atoms with Crippen LogP contribution in [0.15, 0.2) is 18.2 Å². The predicted octanol–water partition coefficient (Wildman–Crippen LogP) is 2.11. The number of nitro benzene ring substituents is 1. The maximum absolute atomic E-state index is 13.0. The Balaban J connectivity index is 3.25. The minimum atomic E-state index is -0.818. The molecular formula is C12H12FN3O3. The summed E-state index contributed by atoms with van der Waals surface area (Å²) in [5, 5.41) is 19.5. The molecule has 0 unspecified atom stereocenters. The molecule has 0 saturated carbocycles. The van der Waals surface area contributed by atoms with Crippen LogP contribution in [-0.2, 0) is 0 Å². The van der Waals surface area contributed by atoms with Gasteiger partial charge in [-0.3, -0.25) is 14.9 Å². The van der Waals surface area contributed by atoms with Crippen molar-refractivity contribution in [3.8, 4) is 6.07 Å². The van der Waals surface area contributed by atoms with Gasteiger partial charge in [-0.05, 0) is 26.0 Å². The van der Waals surface area contributed by atoms with Crippen LogP contribution in [0.25, 0.3) is 0 Å². The van der Waals surface area contributed by atoms with Crippen LogP contribution >= 0.6 is 0 Å². The standard InChI is InChI=1S/C12H12FN3O3/c1-8(2)15(6-5-14)12(17)10-4-3-9(13)7-11(10)16(18)19/h3-4,7-8H,6H2,1-2H3. The van der Waals surface area contributed by atoms with Gasteiger partial charge >= 0.3 is 0 Å². The number of hydrogen-bond acceptors (Lipinski definition) is 4. The molecule has 7 heteroatoms. The molecule has 1 rings (SSSR count). The van der Waals surface area contributed by atoms with Gasteiger partial charge in [0.25, 0.3) is 11.6 Å². The molecule has 0 heterocycles. The number of benzene rings is 1. The van der Waals surface area contributed by atoms with E-state index in [-0.39, 0.29) is 18.2 Å². The van der Waals surface area contributed by atoms with Crippen molar-refractivity contribution in [3.63, 3.8) is 0 Å². The molecule has 0 fully saturated rings. The number of carbonyl (C=O) groups is 1. The summed E-state index contributed by atoms with van der Waals surface area (Å²) in [6.45, 7) is 3.18. The Morgan fingerprint density at radius 3 is 2.68 bits per heavy atom. The van der Waals surface area contributed by atoms with Gasteiger partial charge in [0.05, 0.1) is 17.1 Å². The van der Waals surface area contributed by atoms with Gasteiger partial charge in [-0.1, -0.05) is 0 Å². The lowest BCUT2D eigenvalue weighted by atomic mass is 10.1. The molecule has 0 aromatic heterocycles. The Morgan fingerprint density at radius 1 is 1.58 bits per heavy atom. The Kier molecular flexibility index (Phi) is 4.53. The Morgan fingerprint density at radius 2 is 2.21 bits per heavy atom. The fourth-order valence-corrected chi connectivity index (χ4v) is 1.56. The largest absolute Gasteiger partial charge is 0.323 e. The van der Waals surface area contributed by atoms with Gasteiger partial charge in [-0.2, -0.15) is 5.26 Å². The molecule has 0 bridgehead atoms. The van der Waals surface area contributed by atoms with E-state index in [4.69, 9.17) is 5.26 Å². The van der Waals surface area contributed by atoms with E-state index in [9.17, 15) is 19.3 Å². The van der Waals surface area contributed by atoms with E-state index in [0.717, 1.165) is 12.1 Å². The summed E-state index contributed by atoms with van der Waals surface area (Å²) >= 11 is 0. The molecule has 0 aliphatic rings. The monoisotopic (exact) mass is 265 g/mol. The van der Waals surface area contributed by atoms with Crippen molar-refractivity contribution in [2.75, 3.05) is 6.54 Å². The van der Waals surface area contributed by atoms with Gasteiger partial charge in [0, 0.05) is 6.04 Å². The van der Waals surface area contributed by atoms with Crippen LogP contribution < -0.4 is 0 Å². The number of amides is 1. The minimum Gasteiger partial charge on any atom is -0.323 e. The highest BCUT2D eigenvalue weighted by atomic mass is 19.1. The second-order valence-electron chi connectivity index (χ2n) is 4.10. The molecule has 0 atom stereocenters. The molecule has 6 nitrogen and oxygen atoms in total. The van der Waals surface area contributed by atoms with Crippen molar-refractivity contribution in [1.29, 1.82) is 5.26 Å². The van der Waals surface area contributed by atoms with E-state index in [0.29, 0.717) is 6.07 Å². The minimum absolute atomic E-state index is 0.189. The van der Waals surface area contributed by atoms with E-state index in [1.165, 1.54) is 4.90 Å². The van der Waals surface area contributed by atoms with Crippen molar-refractivity contribution in [3.05, 3.63) is 39.7 Å². The number of hydrogen-bond donors (Lipinski definition) is 0. The van der Waals surface area contributed by atoms with Gasteiger partial charge in [-0.15, -0.1) is 0 Å². The molecule has 1 aromatic carbocycles. The molecule has 0 aliphatic carbocycles. The van der Waals surface area contributed by atoms with Gasteiger partial charge in [0.1, 0.15) is 17.9 Å². The summed E-state index contributed by atoms with van der Waals surface area (Å²) in [5.74, 6) is -1.46. The van der Waals surface area contributed by atoms with Gasteiger partial charge in [0.15, 0.2) is 0 Å². The predicted molar refractivity (Wildman–Crippen MR) is 64.8 cm³/mol. The molecule has 0 radical (unpaired) electrons. The van der Waals surface area contributed by atoms with E-state index >= 15 is 0 Å². The fourth-order valence-electron chi connectivity index (χ4n) is 1.56. The summed E-state index contributed by atoms with van der Waals surface area (Å²) in [6.07, 6.45) is 0.